The van der Waals surface area contributed by atoms with Crippen LogP contribution in [0.3, 0.4) is 0 Å². The average Bonchev–Trinajstić information content (AvgIpc) is 2.90. The third kappa shape index (κ3) is 3.18. The number of ketones is 1. The highest BCUT2D eigenvalue weighted by molar-refractivity contribution is 6.05. The Morgan fingerprint density at radius 1 is 1.09 bits per heavy atom. The van der Waals surface area contributed by atoms with Crippen LogP contribution in [-0.2, 0) is 36.7 Å². The summed E-state index contributed by atoms with van der Waals surface area (Å²) >= 11 is 0. The zero-order valence-electron chi connectivity index (χ0n) is 12.9. The molecular formula is C17H20O5. The van der Waals surface area contributed by atoms with Crippen molar-refractivity contribution >= 4 is 17.7 Å². The second-order valence-corrected chi connectivity index (χ2v) is 5.60. The van der Waals surface area contributed by atoms with E-state index < -0.39 is 11.4 Å². The number of esters is 2. The Balaban J connectivity index is 2.16. The van der Waals surface area contributed by atoms with Crippen molar-refractivity contribution in [1.82, 2.24) is 0 Å². The van der Waals surface area contributed by atoms with Gasteiger partial charge in [-0.25, -0.2) is 0 Å². The molecule has 0 spiro atoms. The van der Waals surface area contributed by atoms with Crippen LogP contribution in [0.5, 0.6) is 0 Å². The van der Waals surface area contributed by atoms with E-state index in [-0.39, 0.29) is 18.2 Å². The molecule has 0 aliphatic heterocycles. The molecule has 0 N–H and O–H groups in total. The highest BCUT2D eigenvalue weighted by Crippen LogP contribution is 2.39. The van der Waals surface area contributed by atoms with E-state index in [0.717, 1.165) is 11.1 Å². The quantitative estimate of drug-likeness (QED) is 0.613. The Morgan fingerprint density at radius 3 is 2.23 bits per heavy atom. The molecule has 1 unspecified atom stereocenters. The molecule has 0 saturated heterocycles. The van der Waals surface area contributed by atoms with Gasteiger partial charge in [-0.05, 0) is 30.4 Å². The molecule has 1 aromatic carbocycles. The smallest absolute Gasteiger partial charge is 0.319 e. The van der Waals surface area contributed by atoms with Gasteiger partial charge in [0, 0.05) is 6.42 Å². The summed E-state index contributed by atoms with van der Waals surface area (Å²) in [5, 5.41) is 0. The standard InChI is InChI=1S/C17H20O5/c1-21-15(19)10-12-5-7-13(8-6-12)11-17(16(20)22-2)9-3-4-14(17)18/h5-8H,3-4,9-11H2,1-2H3. The van der Waals surface area contributed by atoms with Crippen molar-refractivity contribution in [3.63, 3.8) is 0 Å². The predicted octanol–water partition coefficient (Wildman–Crippen LogP) is 1.86. The number of hydrogen-bond donors (Lipinski definition) is 0. The van der Waals surface area contributed by atoms with Crippen molar-refractivity contribution in [1.29, 1.82) is 0 Å². The van der Waals surface area contributed by atoms with Crippen molar-refractivity contribution in [2.75, 3.05) is 14.2 Å². The second-order valence-electron chi connectivity index (χ2n) is 5.60. The van der Waals surface area contributed by atoms with E-state index in [0.29, 0.717) is 25.7 Å². The number of carbonyl (C=O) groups excluding carboxylic acids is 3. The first kappa shape index (κ1) is 16.2. The maximum absolute atomic E-state index is 12.2. The van der Waals surface area contributed by atoms with Gasteiger partial charge in [-0.1, -0.05) is 24.3 Å². The number of benzene rings is 1. The van der Waals surface area contributed by atoms with Gasteiger partial charge in [0.05, 0.1) is 20.6 Å². The topological polar surface area (TPSA) is 69.7 Å². The summed E-state index contributed by atoms with van der Waals surface area (Å²) in [7, 11) is 2.66. The molecular weight excluding hydrogens is 284 g/mol. The van der Waals surface area contributed by atoms with Gasteiger partial charge in [0.2, 0.25) is 0 Å². The Hall–Kier alpha value is -2.17. The minimum atomic E-state index is -1.04. The number of carbonyl (C=O) groups is 3. The minimum absolute atomic E-state index is 0.0435. The Labute approximate surface area is 129 Å². The largest absolute Gasteiger partial charge is 0.469 e. The van der Waals surface area contributed by atoms with Crippen molar-refractivity contribution < 1.29 is 23.9 Å². The van der Waals surface area contributed by atoms with Gasteiger partial charge >= 0.3 is 11.9 Å². The van der Waals surface area contributed by atoms with E-state index in [1.54, 1.807) is 0 Å². The Kier molecular flexibility index (Phi) is 4.96. The normalized spacial score (nSPS) is 20.7. The molecule has 0 heterocycles. The molecule has 1 atom stereocenters. The minimum Gasteiger partial charge on any atom is -0.469 e. The SMILES string of the molecule is COC(=O)Cc1ccc(CC2(C(=O)OC)CCCC2=O)cc1. The van der Waals surface area contributed by atoms with Crippen molar-refractivity contribution in [2.24, 2.45) is 5.41 Å². The number of ether oxygens (including phenoxy) is 2. The van der Waals surface area contributed by atoms with Gasteiger partial charge < -0.3 is 9.47 Å². The van der Waals surface area contributed by atoms with Crippen LogP contribution in [-0.4, -0.2) is 31.9 Å². The van der Waals surface area contributed by atoms with E-state index in [1.807, 2.05) is 24.3 Å². The molecule has 22 heavy (non-hydrogen) atoms. The van der Waals surface area contributed by atoms with Gasteiger partial charge in [0.1, 0.15) is 5.41 Å². The first-order chi connectivity index (χ1) is 10.5. The van der Waals surface area contributed by atoms with E-state index in [1.165, 1.54) is 14.2 Å². The monoisotopic (exact) mass is 304 g/mol. The molecule has 0 bridgehead atoms. The van der Waals surface area contributed by atoms with Crippen LogP contribution in [0.1, 0.15) is 30.4 Å². The molecule has 118 valence electrons. The Morgan fingerprint density at radius 2 is 1.73 bits per heavy atom. The van der Waals surface area contributed by atoms with E-state index in [9.17, 15) is 14.4 Å². The fourth-order valence-corrected chi connectivity index (χ4v) is 2.96. The number of methoxy groups -OCH3 is 2. The summed E-state index contributed by atoms with van der Waals surface area (Å²) in [5.74, 6) is -0.795. The van der Waals surface area contributed by atoms with Gasteiger partial charge in [0.25, 0.3) is 0 Å². The molecule has 2 rings (SSSR count). The number of Topliss-reactive ketones (excluding diaryl/α,β-unsaturated/α-hetero) is 1. The summed E-state index contributed by atoms with van der Waals surface area (Å²) in [6.07, 6.45) is 2.22. The van der Waals surface area contributed by atoms with E-state index >= 15 is 0 Å². The molecule has 1 aliphatic rings. The fourth-order valence-electron chi connectivity index (χ4n) is 2.96. The van der Waals surface area contributed by atoms with Gasteiger partial charge in [-0.15, -0.1) is 0 Å². The molecule has 1 aliphatic carbocycles. The summed E-state index contributed by atoms with van der Waals surface area (Å²) < 4.78 is 9.47. The molecule has 1 fully saturated rings. The fraction of sp³-hybridized carbons (Fsp3) is 0.471. The van der Waals surface area contributed by atoms with Crippen LogP contribution in [0.4, 0.5) is 0 Å². The predicted molar refractivity (Wildman–Crippen MR) is 79.2 cm³/mol. The lowest BCUT2D eigenvalue weighted by Gasteiger charge is -2.24. The zero-order valence-corrected chi connectivity index (χ0v) is 12.9. The summed E-state index contributed by atoms with van der Waals surface area (Å²) in [5.41, 5.74) is 0.674. The van der Waals surface area contributed by atoms with Gasteiger partial charge in [0.15, 0.2) is 5.78 Å². The highest BCUT2D eigenvalue weighted by atomic mass is 16.5. The van der Waals surface area contributed by atoms with Gasteiger partial charge in [-0.3, -0.25) is 14.4 Å². The molecule has 0 aromatic heterocycles. The van der Waals surface area contributed by atoms with Crippen molar-refractivity contribution in [3.05, 3.63) is 35.4 Å². The summed E-state index contributed by atoms with van der Waals surface area (Å²) in [6, 6.07) is 7.32. The molecule has 1 aromatic rings. The van der Waals surface area contributed by atoms with E-state index in [2.05, 4.69) is 4.74 Å². The lowest BCUT2D eigenvalue weighted by molar-refractivity contribution is -0.156. The highest BCUT2D eigenvalue weighted by Gasteiger charge is 2.49. The number of hydrogen-bond acceptors (Lipinski definition) is 5. The second kappa shape index (κ2) is 6.73. The summed E-state index contributed by atoms with van der Waals surface area (Å²) in [6.45, 7) is 0. The molecule has 0 amide bonds. The van der Waals surface area contributed by atoms with Crippen LogP contribution in [0.25, 0.3) is 0 Å². The first-order valence-corrected chi connectivity index (χ1v) is 7.28. The number of rotatable bonds is 5. The lowest BCUT2D eigenvalue weighted by Crippen LogP contribution is -2.38. The zero-order chi connectivity index (χ0) is 16.2. The third-order valence-electron chi connectivity index (χ3n) is 4.22. The van der Waals surface area contributed by atoms with Crippen LogP contribution >= 0.6 is 0 Å². The van der Waals surface area contributed by atoms with Crippen molar-refractivity contribution in [3.8, 4) is 0 Å². The van der Waals surface area contributed by atoms with Crippen LogP contribution in [0.15, 0.2) is 24.3 Å². The molecule has 0 radical (unpaired) electrons. The molecule has 5 nitrogen and oxygen atoms in total. The van der Waals surface area contributed by atoms with Crippen LogP contribution in [0.2, 0.25) is 0 Å². The lowest BCUT2D eigenvalue weighted by atomic mass is 9.79. The van der Waals surface area contributed by atoms with E-state index in [4.69, 9.17) is 4.74 Å². The molecule has 1 saturated carbocycles. The maximum atomic E-state index is 12.2. The first-order valence-electron chi connectivity index (χ1n) is 7.28. The van der Waals surface area contributed by atoms with Crippen LogP contribution < -0.4 is 0 Å². The Bertz CT molecular complexity index is 575. The third-order valence-corrected chi connectivity index (χ3v) is 4.22. The van der Waals surface area contributed by atoms with Gasteiger partial charge in [-0.2, -0.15) is 0 Å². The molecule has 5 heteroatoms. The average molecular weight is 304 g/mol. The maximum Gasteiger partial charge on any atom is 0.319 e. The van der Waals surface area contributed by atoms with Crippen molar-refractivity contribution in [2.45, 2.75) is 32.1 Å². The summed E-state index contributed by atoms with van der Waals surface area (Å²) in [4.78, 5) is 35.5. The van der Waals surface area contributed by atoms with Crippen LogP contribution in [0, 0.1) is 5.41 Å².